The lowest BCUT2D eigenvalue weighted by atomic mass is 10.00. The van der Waals surface area contributed by atoms with Gasteiger partial charge in [-0.05, 0) is 44.2 Å². The van der Waals surface area contributed by atoms with E-state index in [1.54, 1.807) is 0 Å². The van der Waals surface area contributed by atoms with Crippen LogP contribution in [-0.2, 0) is 24.2 Å². The molecule has 120 valence electrons. The molecule has 0 aliphatic carbocycles. The van der Waals surface area contributed by atoms with E-state index in [2.05, 4.69) is 28.5 Å². The Morgan fingerprint density at radius 2 is 2.22 bits per heavy atom. The van der Waals surface area contributed by atoms with Crippen molar-refractivity contribution in [2.75, 3.05) is 5.32 Å². The highest BCUT2D eigenvalue weighted by Gasteiger charge is 2.28. The van der Waals surface area contributed by atoms with E-state index in [9.17, 15) is 4.79 Å². The van der Waals surface area contributed by atoms with E-state index in [4.69, 9.17) is 4.74 Å². The van der Waals surface area contributed by atoms with Gasteiger partial charge in [-0.25, -0.2) is 0 Å². The highest BCUT2D eigenvalue weighted by atomic mass is 16.5. The Morgan fingerprint density at radius 1 is 1.30 bits per heavy atom. The van der Waals surface area contributed by atoms with Crippen molar-refractivity contribution in [3.8, 4) is 5.75 Å². The Hall–Kier alpha value is -2.37. The summed E-state index contributed by atoms with van der Waals surface area (Å²) in [6, 6.07) is 6.08. The fourth-order valence-electron chi connectivity index (χ4n) is 3.29. The molecule has 1 atom stereocenters. The first-order chi connectivity index (χ1) is 11.2. The summed E-state index contributed by atoms with van der Waals surface area (Å²) in [5.74, 6) is 2.17. The smallest absolute Gasteiger partial charge is 0.267 e. The molecule has 6 heteroatoms. The normalized spacial score (nSPS) is 19.4. The van der Waals surface area contributed by atoms with Gasteiger partial charge < -0.3 is 4.74 Å². The Balaban J connectivity index is 1.48. The second-order valence-corrected chi connectivity index (χ2v) is 6.29. The fraction of sp³-hybridized carbons (Fsp3) is 0.471. The number of hydrogen-bond donors (Lipinski definition) is 1. The molecule has 1 aromatic carbocycles. The van der Waals surface area contributed by atoms with Gasteiger partial charge in [0, 0.05) is 13.0 Å². The lowest BCUT2D eigenvalue weighted by molar-refractivity contribution is -0.123. The second kappa shape index (κ2) is 5.68. The summed E-state index contributed by atoms with van der Waals surface area (Å²) < 4.78 is 7.87. The molecule has 3 heterocycles. The molecule has 0 bridgehead atoms. The van der Waals surface area contributed by atoms with Gasteiger partial charge >= 0.3 is 0 Å². The Labute approximate surface area is 134 Å². The van der Waals surface area contributed by atoms with Gasteiger partial charge in [0.05, 0.1) is 0 Å². The zero-order valence-corrected chi connectivity index (χ0v) is 13.2. The average molecular weight is 312 g/mol. The number of rotatable bonds is 2. The maximum Gasteiger partial charge on any atom is 0.267 e. The van der Waals surface area contributed by atoms with Crippen LogP contribution in [0.3, 0.4) is 0 Å². The number of hydrogen-bond acceptors (Lipinski definition) is 4. The number of benzene rings is 1. The Morgan fingerprint density at radius 3 is 3.13 bits per heavy atom. The van der Waals surface area contributed by atoms with Gasteiger partial charge in [-0.1, -0.05) is 17.7 Å². The number of aryl methyl sites for hydroxylation is 3. The van der Waals surface area contributed by atoms with Crippen LogP contribution in [0, 0.1) is 6.92 Å². The molecule has 2 aromatic rings. The number of nitrogens with one attached hydrogen (secondary N) is 1. The summed E-state index contributed by atoms with van der Waals surface area (Å²) in [5.41, 5.74) is 2.39. The standard InChI is InChI=1S/C17H20N4O2/c1-11-5-7-13-12(10-11)6-8-14(23-13)16(22)18-17-20-19-15-4-2-3-9-21(15)17/h5,7,10,14H,2-4,6,8-9H2,1H3,(H,18,20,22). The first kappa shape index (κ1) is 14.2. The first-order valence-electron chi connectivity index (χ1n) is 8.20. The van der Waals surface area contributed by atoms with Crippen molar-refractivity contribution < 1.29 is 9.53 Å². The molecule has 2 aliphatic rings. The van der Waals surface area contributed by atoms with Crippen LogP contribution in [0.2, 0.25) is 0 Å². The molecular weight excluding hydrogens is 292 g/mol. The fourth-order valence-corrected chi connectivity index (χ4v) is 3.29. The highest BCUT2D eigenvalue weighted by Crippen LogP contribution is 2.29. The number of carbonyl (C=O) groups is 1. The third-order valence-electron chi connectivity index (χ3n) is 4.55. The molecule has 2 aliphatic heterocycles. The average Bonchev–Trinajstić information content (AvgIpc) is 2.97. The minimum Gasteiger partial charge on any atom is -0.480 e. The van der Waals surface area contributed by atoms with Crippen molar-refractivity contribution in [3.63, 3.8) is 0 Å². The Bertz CT molecular complexity index is 753. The number of amides is 1. The monoisotopic (exact) mass is 312 g/mol. The quantitative estimate of drug-likeness (QED) is 0.923. The number of fused-ring (bicyclic) bond motifs is 2. The predicted octanol–water partition coefficient (Wildman–Crippen LogP) is 2.26. The summed E-state index contributed by atoms with van der Waals surface area (Å²) in [6.45, 7) is 2.93. The number of aromatic nitrogens is 3. The minimum atomic E-state index is -0.471. The van der Waals surface area contributed by atoms with Crippen molar-refractivity contribution in [1.82, 2.24) is 14.8 Å². The molecule has 4 rings (SSSR count). The van der Waals surface area contributed by atoms with Crippen LogP contribution in [0.4, 0.5) is 5.95 Å². The van der Waals surface area contributed by atoms with Gasteiger partial charge in [-0.2, -0.15) is 0 Å². The van der Waals surface area contributed by atoms with Gasteiger partial charge in [-0.3, -0.25) is 14.7 Å². The van der Waals surface area contributed by atoms with E-state index in [0.29, 0.717) is 12.4 Å². The minimum absolute atomic E-state index is 0.142. The number of carbonyl (C=O) groups excluding carboxylic acids is 1. The zero-order valence-electron chi connectivity index (χ0n) is 13.2. The Kier molecular flexibility index (Phi) is 3.52. The maximum absolute atomic E-state index is 12.5. The molecule has 23 heavy (non-hydrogen) atoms. The molecule has 0 spiro atoms. The van der Waals surface area contributed by atoms with Crippen LogP contribution in [0.15, 0.2) is 18.2 Å². The topological polar surface area (TPSA) is 69.0 Å². The molecule has 1 aromatic heterocycles. The molecule has 0 fully saturated rings. The SMILES string of the molecule is Cc1ccc2c(c1)CCC(C(=O)Nc1nnc3n1CCCC3)O2. The maximum atomic E-state index is 12.5. The van der Waals surface area contributed by atoms with Crippen LogP contribution < -0.4 is 10.1 Å². The van der Waals surface area contributed by atoms with Gasteiger partial charge in [0.25, 0.3) is 5.91 Å². The number of nitrogens with zero attached hydrogens (tertiary/aromatic N) is 3. The third-order valence-corrected chi connectivity index (χ3v) is 4.55. The summed E-state index contributed by atoms with van der Waals surface area (Å²) in [6.07, 6.45) is 4.22. The lowest BCUT2D eigenvalue weighted by Gasteiger charge is -2.25. The summed E-state index contributed by atoms with van der Waals surface area (Å²) in [7, 11) is 0. The van der Waals surface area contributed by atoms with Gasteiger partial charge in [0.2, 0.25) is 5.95 Å². The molecule has 1 unspecified atom stereocenters. The number of ether oxygens (including phenoxy) is 1. The molecule has 0 radical (unpaired) electrons. The van der Waals surface area contributed by atoms with E-state index < -0.39 is 6.10 Å². The number of anilines is 1. The largest absolute Gasteiger partial charge is 0.480 e. The van der Waals surface area contributed by atoms with E-state index >= 15 is 0 Å². The van der Waals surface area contributed by atoms with Crippen molar-refractivity contribution >= 4 is 11.9 Å². The van der Waals surface area contributed by atoms with Crippen molar-refractivity contribution in [2.45, 2.75) is 51.7 Å². The predicted molar refractivity (Wildman–Crippen MR) is 85.5 cm³/mol. The van der Waals surface area contributed by atoms with Crippen LogP contribution in [-0.4, -0.2) is 26.8 Å². The van der Waals surface area contributed by atoms with Gasteiger partial charge in [0.15, 0.2) is 6.10 Å². The van der Waals surface area contributed by atoms with Crippen LogP contribution in [0.5, 0.6) is 5.75 Å². The highest BCUT2D eigenvalue weighted by molar-refractivity contribution is 5.93. The lowest BCUT2D eigenvalue weighted by Crippen LogP contribution is -2.36. The first-order valence-corrected chi connectivity index (χ1v) is 8.20. The van der Waals surface area contributed by atoms with Crippen LogP contribution in [0.1, 0.15) is 36.2 Å². The molecule has 0 saturated carbocycles. The summed E-state index contributed by atoms with van der Waals surface area (Å²) >= 11 is 0. The molecular formula is C17H20N4O2. The third kappa shape index (κ3) is 2.69. The molecule has 1 N–H and O–H groups in total. The summed E-state index contributed by atoms with van der Waals surface area (Å²) in [4.78, 5) is 12.5. The van der Waals surface area contributed by atoms with Crippen molar-refractivity contribution in [2.24, 2.45) is 0 Å². The molecule has 6 nitrogen and oxygen atoms in total. The van der Waals surface area contributed by atoms with Crippen LogP contribution >= 0.6 is 0 Å². The van der Waals surface area contributed by atoms with Gasteiger partial charge in [0.1, 0.15) is 11.6 Å². The van der Waals surface area contributed by atoms with Crippen LogP contribution in [0.25, 0.3) is 0 Å². The molecule has 1 amide bonds. The van der Waals surface area contributed by atoms with E-state index in [1.807, 2.05) is 16.7 Å². The van der Waals surface area contributed by atoms with E-state index in [1.165, 1.54) is 11.1 Å². The summed E-state index contributed by atoms with van der Waals surface area (Å²) in [5, 5.41) is 11.2. The van der Waals surface area contributed by atoms with E-state index in [0.717, 1.165) is 43.8 Å². The zero-order chi connectivity index (χ0) is 15.8. The second-order valence-electron chi connectivity index (χ2n) is 6.29. The van der Waals surface area contributed by atoms with Crippen molar-refractivity contribution in [3.05, 3.63) is 35.2 Å². The van der Waals surface area contributed by atoms with Crippen molar-refractivity contribution in [1.29, 1.82) is 0 Å². The molecule has 0 saturated heterocycles. The van der Waals surface area contributed by atoms with Gasteiger partial charge in [-0.15, -0.1) is 10.2 Å². The van der Waals surface area contributed by atoms with E-state index in [-0.39, 0.29) is 5.91 Å².